The van der Waals surface area contributed by atoms with Gasteiger partial charge < -0.3 is 25.4 Å². The number of benzene rings is 1. The predicted octanol–water partition coefficient (Wildman–Crippen LogP) is 6.48. The number of nitrogens with one attached hydrogen (secondary N) is 2. The van der Waals surface area contributed by atoms with Crippen LogP contribution < -0.4 is 10.6 Å². The van der Waals surface area contributed by atoms with Gasteiger partial charge in [-0.2, -0.15) is 0 Å². The van der Waals surface area contributed by atoms with E-state index >= 15 is 0 Å². The zero-order valence-corrected chi connectivity index (χ0v) is 25.7. The highest BCUT2D eigenvalue weighted by atomic mass is 16.6. The predicted molar refractivity (Wildman–Crippen MR) is 156 cm³/mol. The fourth-order valence-electron chi connectivity index (χ4n) is 4.38. The second-order valence-electron chi connectivity index (χ2n) is 12.9. The quantitative estimate of drug-likeness (QED) is 0.231. The van der Waals surface area contributed by atoms with E-state index in [1.165, 1.54) is 18.6 Å². The Kier molecular flexibility index (Phi) is 13.8. The summed E-state index contributed by atoms with van der Waals surface area (Å²) in [5.74, 6) is -0.570. The van der Waals surface area contributed by atoms with E-state index in [2.05, 4.69) is 17.6 Å². The molecule has 0 aliphatic carbocycles. The molecule has 1 aromatic carbocycles. The lowest BCUT2D eigenvalue weighted by molar-refractivity contribution is -0.143. The first-order chi connectivity index (χ1) is 18.0. The van der Waals surface area contributed by atoms with E-state index in [1.54, 1.807) is 37.8 Å². The highest BCUT2D eigenvalue weighted by Crippen LogP contribution is 2.28. The summed E-state index contributed by atoms with van der Waals surface area (Å²) in [6, 6.07) is 4.62. The third-order valence-electron chi connectivity index (χ3n) is 5.98. The molecule has 0 saturated heterocycles. The summed E-state index contributed by atoms with van der Waals surface area (Å²) in [5, 5.41) is 16.0. The maximum Gasteiger partial charge on any atom is 0.408 e. The van der Waals surface area contributed by atoms with E-state index in [4.69, 9.17) is 4.74 Å². The fourth-order valence-corrected chi connectivity index (χ4v) is 4.38. The van der Waals surface area contributed by atoms with E-state index in [0.717, 1.165) is 25.7 Å². The van der Waals surface area contributed by atoms with Crippen molar-refractivity contribution in [2.75, 3.05) is 6.54 Å². The Bertz CT molecular complexity index is 918. The van der Waals surface area contributed by atoms with Crippen molar-refractivity contribution in [2.45, 2.75) is 130 Å². The van der Waals surface area contributed by atoms with Crippen molar-refractivity contribution in [1.82, 2.24) is 15.5 Å². The first kappa shape index (κ1) is 34.3. The number of hydrogen-bond donors (Lipinski definition) is 3. The average Bonchev–Trinajstić information content (AvgIpc) is 2.76. The van der Waals surface area contributed by atoms with E-state index in [-0.39, 0.29) is 23.5 Å². The molecule has 2 unspecified atom stereocenters. The topological polar surface area (TPSA) is 108 Å². The van der Waals surface area contributed by atoms with Crippen LogP contribution in [0.2, 0.25) is 0 Å². The van der Waals surface area contributed by atoms with Crippen LogP contribution in [0, 0.1) is 5.92 Å². The molecule has 0 aromatic heterocycles. The summed E-state index contributed by atoms with van der Waals surface area (Å²) >= 11 is 0. The molecule has 3 amide bonds. The van der Waals surface area contributed by atoms with Gasteiger partial charge in [-0.3, -0.25) is 9.59 Å². The zero-order chi connectivity index (χ0) is 29.8. The van der Waals surface area contributed by atoms with Crippen molar-refractivity contribution in [1.29, 1.82) is 0 Å². The minimum atomic E-state index is -0.977. The molecule has 0 bridgehead atoms. The van der Waals surface area contributed by atoms with Crippen molar-refractivity contribution in [2.24, 2.45) is 5.92 Å². The Labute approximate surface area is 236 Å². The summed E-state index contributed by atoms with van der Waals surface area (Å²) in [7, 11) is 0. The third-order valence-corrected chi connectivity index (χ3v) is 5.98. The largest absolute Gasteiger partial charge is 0.508 e. The number of aromatic hydroxyl groups is 1. The number of ether oxygens (including phenoxy) is 1. The molecule has 0 radical (unpaired) electrons. The normalized spacial score (nSPS) is 13.5. The van der Waals surface area contributed by atoms with E-state index in [0.29, 0.717) is 24.9 Å². The molecule has 0 fully saturated rings. The summed E-state index contributed by atoms with van der Waals surface area (Å²) in [6.45, 7) is 17.4. The highest BCUT2D eigenvalue weighted by molar-refractivity contribution is 5.92. The Morgan fingerprint density at radius 2 is 1.59 bits per heavy atom. The Balaban J connectivity index is 3.47. The smallest absolute Gasteiger partial charge is 0.408 e. The van der Waals surface area contributed by atoms with Crippen molar-refractivity contribution >= 4 is 17.9 Å². The summed E-state index contributed by atoms with van der Waals surface area (Å²) in [4.78, 5) is 42.3. The maximum absolute atomic E-state index is 14.2. The second kappa shape index (κ2) is 15.7. The van der Waals surface area contributed by atoms with E-state index < -0.39 is 29.3 Å². The molecule has 8 heteroatoms. The molecule has 8 nitrogen and oxygen atoms in total. The number of amides is 3. The van der Waals surface area contributed by atoms with Crippen LogP contribution in [0.1, 0.15) is 119 Å². The molecule has 0 saturated carbocycles. The van der Waals surface area contributed by atoms with Crippen LogP contribution in [0.3, 0.4) is 0 Å². The van der Waals surface area contributed by atoms with Crippen LogP contribution in [0.4, 0.5) is 4.79 Å². The van der Waals surface area contributed by atoms with Crippen LogP contribution in [-0.2, 0) is 14.3 Å². The molecular formula is C31H53N3O5. The van der Waals surface area contributed by atoms with Crippen LogP contribution in [0.25, 0.3) is 0 Å². The summed E-state index contributed by atoms with van der Waals surface area (Å²) in [6.07, 6.45) is 5.84. The highest BCUT2D eigenvalue weighted by Gasteiger charge is 2.37. The van der Waals surface area contributed by atoms with Gasteiger partial charge in [0.2, 0.25) is 11.8 Å². The van der Waals surface area contributed by atoms with Gasteiger partial charge in [0, 0.05) is 12.1 Å². The van der Waals surface area contributed by atoms with Crippen molar-refractivity contribution in [3.63, 3.8) is 0 Å². The molecule has 3 N–H and O–H groups in total. The van der Waals surface area contributed by atoms with Gasteiger partial charge in [-0.25, -0.2) is 4.79 Å². The summed E-state index contributed by atoms with van der Waals surface area (Å²) in [5.41, 5.74) is -0.742. The minimum absolute atomic E-state index is 0.0126. The molecule has 222 valence electrons. The monoisotopic (exact) mass is 547 g/mol. The summed E-state index contributed by atoms with van der Waals surface area (Å²) < 4.78 is 5.46. The molecule has 39 heavy (non-hydrogen) atoms. The van der Waals surface area contributed by atoms with Gasteiger partial charge in [-0.15, -0.1) is 0 Å². The number of carbonyl (C=O) groups is 3. The SMILES string of the molecule is CCCCCCCCN(C(=O)C(CC(C)C)NC(=O)OC(C)(C)C)C(C(=O)NC(C)(C)C)c1cccc(O)c1. The van der Waals surface area contributed by atoms with Gasteiger partial charge in [-0.1, -0.05) is 65.0 Å². The lowest BCUT2D eigenvalue weighted by Crippen LogP contribution is -2.55. The molecule has 0 aliphatic rings. The Morgan fingerprint density at radius 1 is 0.974 bits per heavy atom. The van der Waals surface area contributed by atoms with Crippen LogP contribution in [0.15, 0.2) is 24.3 Å². The van der Waals surface area contributed by atoms with E-state index in [1.807, 2.05) is 34.6 Å². The molecule has 0 spiro atoms. The van der Waals surface area contributed by atoms with Gasteiger partial charge >= 0.3 is 6.09 Å². The van der Waals surface area contributed by atoms with E-state index in [9.17, 15) is 19.5 Å². The number of alkyl carbamates (subject to hydrolysis) is 1. The molecule has 1 aromatic rings. The maximum atomic E-state index is 14.2. The van der Waals surface area contributed by atoms with Crippen LogP contribution in [-0.4, -0.2) is 51.6 Å². The zero-order valence-electron chi connectivity index (χ0n) is 25.7. The molecule has 0 aliphatic heterocycles. The first-order valence-corrected chi connectivity index (χ1v) is 14.4. The standard InChI is InChI=1S/C31H53N3O5/c1-10-11-12-13-14-15-19-34(28(37)25(20-22(2)3)32-29(38)39-31(7,8)9)26(27(36)33-30(4,5)6)23-17-16-18-24(35)21-23/h16-18,21-22,25-26,35H,10-15,19-20H2,1-9H3,(H,32,38)(H,33,36). The van der Waals surface area contributed by atoms with Crippen molar-refractivity contribution in [3.8, 4) is 5.75 Å². The lowest BCUT2D eigenvalue weighted by atomic mass is 9.97. The van der Waals surface area contributed by atoms with Crippen molar-refractivity contribution < 1.29 is 24.2 Å². The van der Waals surface area contributed by atoms with Crippen LogP contribution >= 0.6 is 0 Å². The van der Waals surface area contributed by atoms with Gasteiger partial charge in [0.15, 0.2) is 0 Å². The van der Waals surface area contributed by atoms with Gasteiger partial charge in [0.1, 0.15) is 23.4 Å². The lowest BCUT2D eigenvalue weighted by Gasteiger charge is -2.36. The van der Waals surface area contributed by atoms with Crippen LogP contribution in [0.5, 0.6) is 5.75 Å². The number of unbranched alkanes of at least 4 members (excludes halogenated alkanes) is 5. The Hall–Kier alpha value is -2.77. The van der Waals surface area contributed by atoms with Gasteiger partial charge in [0.05, 0.1) is 0 Å². The number of phenolic OH excluding ortho intramolecular Hbond substituents is 1. The number of rotatable bonds is 14. The van der Waals surface area contributed by atoms with Crippen molar-refractivity contribution in [3.05, 3.63) is 29.8 Å². The fraction of sp³-hybridized carbons (Fsp3) is 0.710. The molecule has 0 heterocycles. The van der Waals surface area contributed by atoms with Gasteiger partial charge in [0.25, 0.3) is 0 Å². The average molecular weight is 548 g/mol. The Morgan fingerprint density at radius 3 is 2.13 bits per heavy atom. The second-order valence-corrected chi connectivity index (χ2v) is 12.9. The number of phenols is 1. The minimum Gasteiger partial charge on any atom is -0.508 e. The number of nitrogens with zero attached hydrogens (tertiary/aromatic N) is 1. The third kappa shape index (κ3) is 13.7. The molecular weight excluding hydrogens is 494 g/mol. The molecule has 1 rings (SSSR count). The molecule has 2 atom stereocenters. The number of carbonyl (C=O) groups excluding carboxylic acids is 3. The number of hydrogen-bond acceptors (Lipinski definition) is 5. The van der Waals surface area contributed by atoms with Gasteiger partial charge in [-0.05, 0) is 78.0 Å². The first-order valence-electron chi connectivity index (χ1n) is 14.4.